The summed E-state index contributed by atoms with van der Waals surface area (Å²) in [6.45, 7) is 2.16. The normalized spacial score (nSPS) is 12.2. The molecule has 0 fully saturated rings. The highest BCUT2D eigenvalue weighted by Crippen LogP contribution is 2.25. The van der Waals surface area contributed by atoms with Crippen LogP contribution in [0.3, 0.4) is 0 Å². The molecule has 1 N–H and O–H groups in total. The fraction of sp³-hybridized carbons (Fsp3) is 0.250. The predicted octanol–water partition coefficient (Wildman–Crippen LogP) is 4.99. The average molecular weight is 328 g/mol. The Morgan fingerprint density at radius 3 is 2.57 bits per heavy atom. The minimum absolute atomic E-state index is 0.0511. The monoisotopic (exact) mass is 327 g/mol. The number of ether oxygens (including phenoxy) is 1. The lowest BCUT2D eigenvalue weighted by atomic mass is 10.1. The first-order valence-electron chi connectivity index (χ1n) is 6.54. The van der Waals surface area contributed by atoms with Crippen molar-refractivity contribution in [3.63, 3.8) is 0 Å². The molecule has 1 atom stereocenters. The molecule has 0 bridgehead atoms. The van der Waals surface area contributed by atoms with Gasteiger partial charge in [-0.15, -0.1) is 0 Å². The van der Waals surface area contributed by atoms with Crippen LogP contribution in [-0.2, 0) is 6.61 Å². The first-order valence-corrected chi connectivity index (χ1v) is 7.30. The number of halogens is 3. The zero-order valence-electron chi connectivity index (χ0n) is 11.8. The molecule has 2 rings (SSSR count). The van der Waals surface area contributed by atoms with Gasteiger partial charge in [0.05, 0.1) is 0 Å². The molecule has 5 heteroatoms. The molecule has 2 aromatic rings. The highest BCUT2D eigenvalue weighted by molar-refractivity contribution is 6.35. The molecule has 0 heterocycles. The molecule has 0 saturated heterocycles. The third-order valence-electron chi connectivity index (χ3n) is 3.28. The molecule has 112 valence electrons. The Morgan fingerprint density at radius 1 is 1.19 bits per heavy atom. The van der Waals surface area contributed by atoms with Crippen molar-refractivity contribution >= 4 is 23.2 Å². The van der Waals surface area contributed by atoms with Gasteiger partial charge in [-0.3, -0.25) is 0 Å². The number of hydrogen-bond donors (Lipinski definition) is 1. The van der Waals surface area contributed by atoms with Crippen molar-refractivity contribution in [3.05, 3.63) is 63.4 Å². The summed E-state index contributed by atoms with van der Waals surface area (Å²) in [6.07, 6.45) is 0. The van der Waals surface area contributed by atoms with Crippen molar-refractivity contribution in [3.8, 4) is 5.75 Å². The van der Waals surface area contributed by atoms with E-state index in [1.54, 1.807) is 37.4 Å². The summed E-state index contributed by atoms with van der Waals surface area (Å²) in [6, 6.07) is 9.98. The van der Waals surface area contributed by atoms with Crippen LogP contribution in [0.4, 0.5) is 4.39 Å². The Hall–Kier alpha value is -1.29. The number of nitrogens with one attached hydrogen (secondary N) is 1. The maximum Gasteiger partial charge on any atom is 0.131 e. The average Bonchev–Trinajstić information content (AvgIpc) is 2.45. The van der Waals surface area contributed by atoms with Crippen LogP contribution in [0, 0.1) is 5.82 Å². The molecule has 1 unspecified atom stereocenters. The smallest absolute Gasteiger partial charge is 0.131 e. The van der Waals surface area contributed by atoms with Crippen molar-refractivity contribution in [1.82, 2.24) is 5.32 Å². The Kier molecular flexibility index (Phi) is 5.45. The van der Waals surface area contributed by atoms with E-state index in [9.17, 15) is 4.39 Å². The van der Waals surface area contributed by atoms with Crippen LogP contribution in [0.2, 0.25) is 10.0 Å². The molecule has 0 radical (unpaired) electrons. The van der Waals surface area contributed by atoms with Gasteiger partial charge in [0.1, 0.15) is 18.2 Å². The standard InChI is InChI=1S/C16H16Cl2FNO/c1-10(20-2)14-6-5-13(8-16(14)19)21-9-11-3-4-12(17)7-15(11)18/h3-8,10,20H,9H2,1-2H3. The molecule has 21 heavy (non-hydrogen) atoms. The van der Waals surface area contributed by atoms with Crippen LogP contribution in [0.25, 0.3) is 0 Å². The summed E-state index contributed by atoms with van der Waals surface area (Å²) < 4.78 is 19.6. The molecule has 0 amide bonds. The van der Waals surface area contributed by atoms with Gasteiger partial charge in [-0.25, -0.2) is 4.39 Å². The molecule has 2 aromatic carbocycles. The second kappa shape index (κ2) is 7.12. The fourth-order valence-corrected chi connectivity index (χ4v) is 2.37. The van der Waals surface area contributed by atoms with E-state index < -0.39 is 0 Å². The lowest BCUT2D eigenvalue weighted by Crippen LogP contribution is -2.13. The SMILES string of the molecule is CNC(C)c1ccc(OCc2ccc(Cl)cc2Cl)cc1F. The Morgan fingerprint density at radius 2 is 1.95 bits per heavy atom. The number of hydrogen-bond acceptors (Lipinski definition) is 2. The quantitative estimate of drug-likeness (QED) is 0.835. The van der Waals surface area contributed by atoms with Crippen molar-refractivity contribution in [2.24, 2.45) is 0 Å². The third-order valence-corrected chi connectivity index (χ3v) is 3.87. The second-order valence-corrected chi connectivity index (χ2v) is 5.56. The van der Waals surface area contributed by atoms with Crippen LogP contribution >= 0.6 is 23.2 Å². The highest BCUT2D eigenvalue weighted by Gasteiger charge is 2.10. The van der Waals surface area contributed by atoms with Crippen LogP contribution in [0.5, 0.6) is 5.75 Å². The van der Waals surface area contributed by atoms with Crippen molar-refractivity contribution in [2.45, 2.75) is 19.6 Å². The zero-order valence-corrected chi connectivity index (χ0v) is 13.3. The van der Waals surface area contributed by atoms with Gasteiger partial charge in [0.25, 0.3) is 0 Å². The fourth-order valence-electron chi connectivity index (χ4n) is 1.90. The van der Waals surface area contributed by atoms with Gasteiger partial charge in [0, 0.05) is 33.3 Å². The molecule has 0 saturated carbocycles. The number of benzene rings is 2. The van der Waals surface area contributed by atoms with Gasteiger partial charge in [0.15, 0.2) is 0 Å². The molecule has 0 aromatic heterocycles. The topological polar surface area (TPSA) is 21.3 Å². The van der Waals surface area contributed by atoms with Gasteiger partial charge in [-0.05, 0) is 32.2 Å². The van der Waals surface area contributed by atoms with Crippen LogP contribution in [0.15, 0.2) is 36.4 Å². The van der Waals surface area contributed by atoms with Crippen LogP contribution in [-0.4, -0.2) is 7.05 Å². The van der Waals surface area contributed by atoms with E-state index in [4.69, 9.17) is 27.9 Å². The molecule has 2 nitrogen and oxygen atoms in total. The first-order chi connectivity index (χ1) is 10.0. The number of rotatable bonds is 5. The van der Waals surface area contributed by atoms with Crippen molar-refractivity contribution in [1.29, 1.82) is 0 Å². The minimum Gasteiger partial charge on any atom is -0.489 e. The van der Waals surface area contributed by atoms with E-state index in [0.29, 0.717) is 21.4 Å². The van der Waals surface area contributed by atoms with E-state index in [1.165, 1.54) is 6.07 Å². The lowest BCUT2D eigenvalue weighted by molar-refractivity contribution is 0.304. The Balaban J connectivity index is 2.08. The Labute approximate surface area is 133 Å². The molecular weight excluding hydrogens is 312 g/mol. The highest BCUT2D eigenvalue weighted by atomic mass is 35.5. The molecule has 0 aliphatic carbocycles. The van der Waals surface area contributed by atoms with Gasteiger partial charge < -0.3 is 10.1 Å². The molecule has 0 aliphatic rings. The second-order valence-electron chi connectivity index (χ2n) is 4.72. The third kappa shape index (κ3) is 4.10. The summed E-state index contributed by atoms with van der Waals surface area (Å²) in [4.78, 5) is 0. The Bertz CT molecular complexity index is 634. The first kappa shape index (κ1) is 16.1. The van der Waals surface area contributed by atoms with Gasteiger partial charge in [-0.1, -0.05) is 35.3 Å². The summed E-state index contributed by atoms with van der Waals surface area (Å²) in [5.41, 5.74) is 1.41. The van der Waals surface area contributed by atoms with E-state index >= 15 is 0 Å². The van der Waals surface area contributed by atoms with Crippen LogP contribution < -0.4 is 10.1 Å². The van der Waals surface area contributed by atoms with Gasteiger partial charge in [-0.2, -0.15) is 0 Å². The van der Waals surface area contributed by atoms with Gasteiger partial charge in [0.2, 0.25) is 0 Å². The molecular formula is C16H16Cl2FNO. The largest absolute Gasteiger partial charge is 0.489 e. The zero-order chi connectivity index (χ0) is 15.4. The van der Waals surface area contributed by atoms with Crippen molar-refractivity contribution in [2.75, 3.05) is 7.05 Å². The maximum atomic E-state index is 14.0. The van der Waals surface area contributed by atoms with E-state index in [2.05, 4.69) is 5.32 Å². The van der Waals surface area contributed by atoms with Crippen LogP contribution in [0.1, 0.15) is 24.1 Å². The van der Waals surface area contributed by atoms with Gasteiger partial charge >= 0.3 is 0 Å². The maximum absolute atomic E-state index is 14.0. The summed E-state index contributed by atoms with van der Waals surface area (Å²) in [5, 5.41) is 4.10. The van der Waals surface area contributed by atoms with E-state index in [-0.39, 0.29) is 18.5 Å². The van der Waals surface area contributed by atoms with Crippen molar-refractivity contribution < 1.29 is 9.13 Å². The summed E-state index contributed by atoms with van der Waals surface area (Å²) in [5.74, 6) is 0.169. The lowest BCUT2D eigenvalue weighted by Gasteiger charge is -2.13. The molecule has 0 aliphatic heterocycles. The summed E-state index contributed by atoms with van der Waals surface area (Å²) >= 11 is 11.9. The van der Waals surface area contributed by atoms with E-state index in [0.717, 1.165) is 5.56 Å². The minimum atomic E-state index is -0.295. The predicted molar refractivity (Wildman–Crippen MR) is 84.7 cm³/mol. The summed E-state index contributed by atoms with van der Waals surface area (Å²) in [7, 11) is 1.79. The molecule has 0 spiro atoms. The van der Waals surface area contributed by atoms with E-state index in [1.807, 2.05) is 6.92 Å².